The lowest BCUT2D eigenvalue weighted by Crippen LogP contribution is -2.19. The summed E-state index contributed by atoms with van der Waals surface area (Å²) in [6, 6.07) is 7.79. The molecule has 0 atom stereocenters. The topological polar surface area (TPSA) is 97.2 Å². The molecule has 0 saturated carbocycles. The molecule has 1 amide bonds. The Hall–Kier alpha value is -3.46. The standard InChI is InChI=1S/C20H21N7O2/c1-26-16-5-3-2-4-15(16)19(28)24-18-17(26)11-21-20(25-18)23-13-10-22-27(12-13)14-6-8-29-9-7-14/h2-5,10-12,14H,6-9H2,1H3,(H2,21,23,24,25,28). The quantitative estimate of drug-likeness (QED) is 0.708. The molecule has 3 aromatic rings. The van der Waals surface area contributed by atoms with Gasteiger partial charge in [-0.1, -0.05) is 12.1 Å². The fourth-order valence-electron chi connectivity index (χ4n) is 3.72. The Morgan fingerprint density at radius 2 is 2.00 bits per heavy atom. The van der Waals surface area contributed by atoms with Gasteiger partial charge in [0.05, 0.1) is 35.4 Å². The van der Waals surface area contributed by atoms with E-state index in [-0.39, 0.29) is 5.91 Å². The van der Waals surface area contributed by atoms with Gasteiger partial charge in [0.15, 0.2) is 5.82 Å². The van der Waals surface area contributed by atoms with Crippen LogP contribution in [-0.2, 0) is 4.74 Å². The van der Waals surface area contributed by atoms with Gasteiger partial charge in [0, 0.05) is 26.5 Å². The summed E-state index contributed by atoms with van der Waals surface area (Å²) in [5.74, 6) is 0.668. The normalized spacial score (nSPS) is 16.6. The molecule has 1 fully saturated rings. The number of para-hydroxylation sites is 1. The van der Waals surface area contributed by atoms with Crippen LogP contribution < -0.4 is 15.5 Å². The van der Waals surface area contributed by atoms with Gasteiger partial charge in [-0.25, -0.2) is 4.98 Å². The zero-order valence-corrected chi connectivity index (χ0v) is 16.0. The molecule has 0 radical (unpaired) electrons. The van der Waals surface area contributed by atoms with Crippen molar-refractivity contribution in [2.75, 3.05) is 35.8 Å². The molecule has 2 aromatic heterocycles. The number of carbonyl (C=O) groups is 1. The number of aromatic nitrogens is 4. The molecule has 2 N–H and O–H groups in total. The van der Waals surface area contributed by atoms with Crippen molar-refractivity contribution in [2.24, 2.45) is 0 Å². The number of rotatable bonds is 3. The van der Waals surface area contributed by atoms with Gasteiger partial charge in [0.1, 0.15) is 5.69 Å². The fourth-order valence-corrected chi connectivity index (χ4v) is 3.72. The maximum absolute atomic E-state index is 12.6. The monoisotopic (exact) mass is 391 g/mol. The number of hydrogen-bond acceptors (Lipinski definition) is 7. The first kappa shape index (κ1) is 17.6. The number of nitrogens with one attached hydrogen (secondary N) is 2. The molecule has 1 aromatic carbocycles. The van der Waals surface area contributed by atoms with Crippen molar-refractivity contribution < 1.29 is 9.53 Å². The van der Waals surface area contributed by atoms with Crippen LogP contribution in [0, 0.1) is 0 Å². The smallest absolute Gasteiger partial charge is 0.258 e. The maximum atomic E-state index is 12.6. The van der Waals surface area contributed by atoms with E-state index in [9.17, 15) is 4.79 Å². The van der Waals surface area contributed by atoms with Crippen molar-refractivity contribution in [2.45, 2.75) is 18.9 Å². The number of nitrogens with zero attached hydrogens (tertiary/aromatic N) is 5. The number of carbonyl (C=O) groups excluding carboxylic acids is 1. The van der Waals surface area contributed by atoms with Crippen LogP contribution >= 0.6 is 0 Å². The number of benzene rings is 1. The highest BCUT2D eigenvalue weighted by molar-refractivity contribution is 6.11. The predicted molar refractivity (Wildman–Crippen MR) is 109 cm³/mol. The van der Waals surface area contributed by atoms with E-state index in [1.807, 2.05) is 41.0 Å². The first-order valence-corrected chi connectivity index (χ1v) is 9.59. The number of anilines is 5. The molecular formula is C20H21N7O2. The predicted octanol–water partition coefficient (Wildman–Crippen LogP) is 3.10. The van der Waals surface area contributed by atoms with E-state index in [1.54, 1.807) is 18.5 Å². The van der Waals surface area contributed by atoms with E-state index in [2.05, 4.69) is 25.7 Å². The van der Waals surface area contributed by atoms with Gasteiger partial charge in [0.2, 0.25) is 5.95 Å². The molecule has 0 unspecified atom stereocenters. The Morgan fingerprint density at radius 3 is 2.86 bits per heavy atom. The van der Waals surface area contributed by atoms with Crippen LogP contribution in [0.3, 0.4) is 0 Å². The Balaban J connectivity index is 1.40. The third-order valence-corrected chi connectivity index (χ3v) is 5.30. The van der Waals surface area contributed by atoms with Gasteiger partial charge < -0.3 is 20.3 Å². The summed E-state index contributed by atoms with van der Waals surface area (Å²) in [6.45, 7) is 1.52. The van der Waals surface area contributed by atoms with Crippen molar-refractivity contribution in [3.8, 4) is 0 Å². The minimum absolute atomic E-state index is 0.191. The van der Waals surface area contributed by atoms with Crippen LogP contribution in [0.15, 0.2) is 42.9 Å². The van der Waals surface area contributed by atoms with Crippen LogP contribution in [0.25, 0.3) is 0 Å². The Kier molecular flexibility index (Phi) is 4.36. The summed E-state index contributed by atoms with van der Waals surface area (Å²) in [5.41, 5.74) is 2.94. The zero-order chi connectivity index (χ0) is 19.8. The lowest BCUT2D eigenvalue weighted by molar-refractivity contribution is 0.0662. The Labute approximate surface area is 167 Å². The first-order valence-electron chi connectivity index (χ1n) is 9.59. The number of ether oxygens (including phenoxy) is 1. The van der Waals surface area contributed by atoms with E-state index >= 15 is 0 Å². The summed E-state index contributed by atoms with van der Waals surface area (Å²) < 4.78 is 7.37. The molecule has 0 bridgehead atoms. The summed E-state index contributed by atoms with van der Waals surface area (Å²) in [5, 5.41) is 10.5. The van der Waals surface area contributed by atoms with E-state index in [0.29, 0.717) is 23.4 Å². The van der Waals surface area contributed by atoms with Crippen LogP contribution in [0.1, 0.15) is 29.2 Å². The van der Waals surface area contributed by atoms with Crippen molar-refractivity contribution in [1.29, 1.82) is 0 Å². The SMILES string of the molecule is CN1c2ccccc2C(=O)Nc2nc(Nc3cnn(C4CCOCC4)c3)ncc21. The summed E-state index contributed by atoms with van der Waals surface area (Å²) >= 11 is 0. The van der Waals surface area contributed by atoms with Gasteiger partial charge >= 0.3 is 0 Å². The second-order valence-electron chi connectivity index (χ2n) is 7.14. The third-order valence-electron chi connectivity index (χ3n) is 5.30. The highest BCUT2D eigenvalue weighted by Crippen LogP contribution is 2.35. The summed E-state index contributed by atoms with van der Waals surface area (Å²) in [4.78, 5) is 23.5. The van der Waals surface area contributed by atoms with Crippen molar-refractivity contribution in [3.63, 3.8) is 0 Å². The van der Waals surface area contributed by atoms with Crippen molar-refractivity contribution in [3.05, 3.63) is 48.4 Å². The average Bonchev–Trinajstić information content (AvgIpc) is 3.19. The minimum Gasteiger partial charge on any atom is -0.381 e. The van der Waals surface area contributed by atoms with Crippen LogP contribution in [0.5, 0.6) is 0 Å². The lowest BCUT2D eigenvalue weighted by Gasteiger charge is -2.22. The molecule has 9 heteroatoms. The molecule has 29 heavy (non-hydrogen) atoms. The van der Waals surface area contributed by atoms with Gasteiger partial charge in [-0.2, -0.15) is 10.1 Å². The van der Waals surface area contributed by atoms with Crippen molar-refractivity contribution >= 4 is 34.7 Å². The van der Waals surface area contributed by atoms with Crippen LogP contribution in [-0.4, -0.2) is 45.9 Å². The van der Waals surface area contributed by atoms with Gasteiger partial charge in [-0.05, 0) is 25.0 Å². The maximum Gasteiger partial charge on any atom is 0.258 e. The molecule has 2 aliphatic rings. The van der Waals surface area contributed by atoms with E-state index in [0.717, 1.165) is 43.1 Å². The molecule has 9 nitrogen and oxygen atoms in total. The Morgan fingerprint density at radius 1 is 1.17 bits per heavy atom. The Bertz CT molecular complexity index is 1060. The molecule has 2 aliphatic heterocycles. The second-order valence-corrected chi connectivity index (χ2v) is 7.14. The van der Waals surface area contributed by atoms with Gasteiger partial charge in [-0.3, -0.25) is 9.48 Å². The largest absolute Gasteiger partial charge is 0.381 e. The highest BCUT2D eigenvalue weighted by atomic mass is 16.5. The van der Waals surface area contributed by atoms with Gasteiger partial charge in [0.25, 0.3) is 5.91 Å². The van der Waals surface area contributed by atoms with E-state index < -0.39 is 0 Å². The van der Waals surface area contributed by atoms with E-state index in [1.165, 1.54) is 0 Å². The molecule has 1 saturated heterocycles. The van der Waals surface area contributed by atoms with Gasteiger partial charge in [-0.15, -0.1) is 0 Å². The van der Waals surface area contributed by atoms with Crippen LogP contribution in [0.4, 0.5) is 28.8 Å². The summed E-state index contributed by atoms with van der Waals surface area (Å²) in [7, 11) is 1.90. The lowest BCUT2D eigenvalue weighted by atomic mass is 10.1. The summed E-state index contributed by atoms with van der Waals surface area (Å²) in [6.07, 6.45) is 7.32. The zero-order valence-electron chi connectivity index (χ0n) is 16.0. The van der Waals surface area contributed by atoms with Crippen molar-refractivity contribution in [1.82, 2.24) is 19.7 Å². The third kappa shape index (κ3) is 3.29. The minimum atomic E-state index is -0.191. The van der Waals surface area contributed by atoms with E-state index in [4.69, 9.17) is 4.74 Å². The van der Waals surface area contributed by atoms with Crippen LogP contribution in [0.2, 0.25) is 0 Å². The highest BCUT2D eigenvalue weighted by Gasteiger charge is 2.24. The molecule has 0 aliphatic carbocycles. The molecule has 0 spiro atoms. The number of hydrogen-bond donors (Lipinski definition) is 2. The molecule has 4 heterocycles. The molecular weight excluding hydrogens is 370 g/mol. The first-order chi connectivity index (χ1) is 14.2. The fraction of sp³-hybridized carbons (Fsp3) is 0.300. The molecule has 5 rings (SSSR count). The second kappa shape index (κ2) is 7.17. The number of amides is 1. The number of fused-ring (bicyclic) bond motifs is 2. The average molecular weight is 391 g/mol. The molecule has 148 valence electrons.